The average Bonchev–Trinajstić information content (AvgIpc) is 2.92. The number of aliphatic hydroxyl groups excluding tert-OH is 1. The summed E-state index contributed by atoms with van der Waals surface area (Å²) in [7, 11) is 1.68. The first kappa shape index (κ1) is 13.2. The maximum absolute atomic E-state index is 10.6. The summed E-state index contributed by atoms with van der Waals surface area (Å²) in [5.41, 5.74) is 3.78. The molecule has 0 saturated carbocycles. The maximum Gasteiger partial charge on any atom is 0.122 e. The molecule has 2 nitrogen and oxygen atoms in total. The molecule has 20 heavy (non-hydrogen) atoms. The SMILES string of the molecule is COc1ccccc1CC(O)C1CCc2ccccc21. The molecule has 0 heterocycles. The number of benzene rings is 2. The minimum absolute atomic E-state index is 0.246. The Labute approximate surface area is 120 Å². The fourth-order valence-corrected chi connectivity index (χ4v) is 3.23. The van der Waals surface area contributed by atoms with Crippen LogP contribution in [0.1, 0.15) is 29.0 Å². The molecule has 2 aromatic rings. The number of hydrogen-bond acceptors (Lipinski definition) is 2. The monoisotopic (exact) mass is 268 g/mol. The van der Waals surface area contributed by atoms with E-state index in [1.54, 1.807) is 7.11 Å². The van der Waals surface area contributed by atoms with Crippen LogP contribution in [0.2, 0.25) is 0 Å². The van der Waals surface area contributed by atoms with Crippen LogP contribution >= 0.6 is 0 Å². The molecule has 0 spiro atoms. The summed E-state index contributed by atoms with van der Waals surface area (Å²) in [6, 6.07) is 16.4. The Morgan fingerprint density at radius 3 is 2.75 bits per heavy atom. The van der Waals surface area contributed by atoms with Gasteiger partial charge in [0.25, 0.3) is 0 Å². The van der Waals surface area contributed by atoms with Crippen molar-refractivity contribution in [3.8, 4) is 5.75 Å². The zero-order chi connectivity index (χ0) is 13.9. The van der Waals surface area contributed by atoms with E-state index in [0.29, 0.717) is 6.42 Å². The summed E-state index contributed by atoms with van der Waals surface area (Å²) in [6.07, 6.45) is 2.40. The molecular formula is C18H20O2. The molecule has 0 bridgehead atoms. The van der Waals surface area contributed by atoms with Crippen molar-refractivity contribution < 1.29 is 9.84 Å². The van der Waals surface area contributed by atoms with E-state index in [-0.39, 0.29) is 12.0 Å². The Kier molecular flexibility index (Phi) is 3.75. The van der Waals surface area contributed by atoms with Crippen molar-refractivity contribution in [3.63, 3.8) is 0 Å². The molecule has 0 aromatic heterocycles. The van der Waals surface area contributed by atoms with Crippen LogP contribution in [-0.4, -0.2) is 18.3 Å². The first-order valence-corrected chi connectivity index (χ1v) is 7.17. The van der Waals surface area contributed by atoms with E-state index >= 15 is 0 Å². The second-order valence-corrected chi connectivity index (χ2v) is 5.43. The van der Waals surface area contributed by atoms with Gasteiger partial charge < -0.3 is 9.84 Å². The van der Waals surface area contributed by atoms with E-state index in [2.05, 4.69) is 24.3 Å². The predicted octanol–water partition coefficient (Wildman–Crippen LogP) is 3.33. The van der Waals surface area contributed by atoms with Crippen LogP contribution < -0.4 is 4.74 Å². The Morgan fingerprint density at radius 1 is 1.15 bits per heavy atom. The molecule has 3 rings (SSSR count). The van der Waals surface area contributed by atoms with Crippen LogP contribution in [0.5, 0.6) is 5.75 Å². The van der Waals surface area contributed by atoms with Crippen molar-refractivity contribution in [2.45, 2.75) is 31.3 Å². The zero-order valence-corrected chi connectivity index (χ0v) is 11.8. The van der Waals surface area contributed by atoms with Crippen molar-refractivity contribution in [1.29, 1.82) is 0 Å². The van der Waals surface area contributed by atoms with Crippen LogP contribution in [0.4, 0.5) is 0 Å². The van der Waals surface area contributed by atoms with Gasteiger partial charge in [0.15, 0.2) is 0 Å². The molecule has 0 radical (unpaired) electrons. The van der Waals surface area contributed by atoms with Crippen molar-refractivity contribution in [1.82, 2.24) is 0 Å². The number of aliphatic hydroxyl groups is 1. The molecule has 2 unspecified atom stereocenters. The fraction of sp³-hybridized carbons (Fsp3) is 0.333. The summed E-state index contributed by atoms with van der Waals surface area (Å²) < 4.78 is 5.37. The highest BCUT2D eigenvalue weighted by molar-refractivity contribution is 5.38. The third kappa shape index (κ3) is 2.44. The maximum atomic E-state index is 10.6. The van der Waals surface area contributed by atoms with E-state index in [1.165, 1.54) is 11.1 Å². The van der Waals surface area contributed by atoms with Gasteiger partial charge in [-0.25, -0.2) is 0 Å². The highest BCUT2D eigenvalue weighted by atomic mass is 16.5. The minimum atomic E-state index is -0.352. The lowest BCUT2D eigenvalue weighted by atomic mass is 9.91. The first-order chi connectivity index (χ1) is 9.79. The predicted molar refractivity (Wildman–Crippen MR) is 80.2 cm³/mol. The molecule has 0 saturated heterocycles. The molecule has 0 aliphatic heterocycles. The Morgan fingerprint density at radius 2 is 1.90 bits per heavy atom. The lowest BCUT2D eigenvalue weighted by molar-refractivity contribution is 0.142. The second-order valence-electron chi connectivity index (χ2n) is 5.43. The molecule has 1 aliphatic rings. The van der Waals surface area contributed by atoms with Gasteiger partial charge in [0.2, 0.25) is 0 Å². The van der Waals surface area contributed by atoms with Gasteiger partial charge >= 0.3 is 0 Å². The zero-order valence-electron chi connectivity index (χ0n) is 11.8. The van der Waals surface area contributed by atoms with Crippen LogP contribution in [0.15, 0.2) is 48.5 Å². The van der Waals surface area contributed by atoms with E-state index in [9.17, 15) is 5.11 Å². The van der Waals surface area contributed by atoms with Crippen molar-refractivity contribution in [2.75, 3.05) is 7.11 Å². The molecule has 2 atom stereocenters. The van der Waals surface area contributed by atoms with E-state index in [4.69, 9.17) is 4.74 Å². The third-order valence-electron chi connectivity index (χ3n) is 4.27. The van der Waals surface area contributed by atoms with Gasteiger partial charge in [-0.1, -0.05) is 42.5 Å². The Balaban J connectivity index is 1.79. The minimum Gasteiger partial charge on any atom is -0.496 e. The van der Waals surface area contributed by atoms with Gasteiger partial charge in [-0.2, -0.15) is 0 Å². The largest absolute Gasteiger partial charge is 0.496 e. The fourth-order valence-electron chi connectivity index (χ4n) is 3.23. The summed E-state index contributed by atoms with van der Waals surface area (Å²) >= 11 is 0. The number of hydrogen-bond donors (Lipinski definition) is 1. The van der Waals surface area contributed by atoms with Gasteiger partial charge in [0, 0.05) is 12.3 Å². The van der Waals surface area contributed by atoms with Gasteiger partial charge in [-0.3, -0.25) is 0 Å². The van der Waals surface area contributed by atoms with Crippen LogP contribution in [-0.2, 0) is 12.8 Å². The molecule has 104 valence electrons. The third-order valence-corrected chi connectivity index (χ3v) is 4.27. The Bertz CT molecular complexity index is 591. The lowest BCUT2D eigenvalue weighted by Crippen LogP contribution is -2.19. The van der Waals surface area contributed by atoms with Crippen LogP contribution in [0, 0.1) is 0 Å². The number of rotatable bonds is 4. The molecular weight excluding hydrogens is 248 g/mol. The average molecular weight is 268 g/mol. The highest BCUT2D eigenvalue weighted by Gasteiger charge is 2.28. The van der Waals surface area contributed by atoms with Gasteiger partial charge in [-0.15, -0.1) is 0 Å². The topological polar surface area (TPSA) is 29.5 Å². The number of para-hydroxylation sites is 1. The van der Waals surface area contributed by atoms with E-state index < -0.39 is 0 Å². The van der Waals surface area contributed by atoms with Gasteiger partial charge in [0.05, 0.1) is 13.2 Å². The first-order valence-electron chi connectivity index (χ1n) is 7.17. The molecule has 2 aromatic carbocycles. The lowest BCUT2D eigenvalue weighted by Gasteiger charge is -2.20. The van der Waals surface area contributed by atoms with E-state index in [1.807, 2.05) is 24.3 Å². The molecule has 0 amide bonds. The van der Waals surface area contributed by atoms with Crippen LogP contribution in [0.25, 0.3) is 0 Å². The quantitative estimate of drug-likeness (QED) is 0.921. The smallest absolute Gasteiger partial charge is 0.122 e. The number of fused-ring (bicyclic) bond motifs is 1. The van der Waals surface area contributed by atoms with E-state index in [0.717, 1.165) is 24.2 Å². The molecule has 1 aliphatic carbocycles. The molecule has 2 heteroatoms. The molecule has 0 fully saturated rings. The summed E-state index contributed by atoms with van der Waals surface area (Å²) in [6.45, 7) is 0. The summed E-state index contributed by atoms with van der Waals surface area (Å²) in [5, 5.41) is 10.6. The number of aryl methyl sites for hydroxylation is 1. The van der Waals surface area contributed by atoms with Crippen LogP contribution in [0.3, 0.4) is 0 Å². The summed E-state index contributed by atoms with van der Waals surface area (Å²) in [4.78, 5) is 0. The van der Waals surface area contributed by atoms with Crippen molar-refractivity contribution >= 4 is 0 Å². The summed E-state index contributed by atoms with van der Waals surface area (Å²) in [5.74, 6) is 1.11. The number of ether oxygens (including phenoxy) is 1. The van der Waals surface area contributed by atoms with Crippen molar-refractivity contribution in [3.05, 3.63) is 65.2 Å². The van der Waals surface area contributed by atoms with Gasteiger partial charge in [0.1, 0.15) is 5.75 Å². The molecule has 1 N–H and O–H groups in total. The standard InChI is InChI=1S/C18H20O2/c1-20-18-9-5-3-7-14(18)12-17(19)16-11-10-13-6-2-4-8-15(13)16/h2-9,16-17,19H,10-12H2,1H3. The number of methoxy groups -OCH3 is 1. The Hall–Kier alpha value is -1.80. The normalized spacial score (nSPS) is 18.6. The highest BCUT2D eigenvalue weighted by Crippen LogP contribution is 2.36. The van der Waals surface area contributed by atoms with Crippen molar-refractivity contribution in [2.24, 2.45) is 0 Å². The second kappa shape index (κ2) is 5.68. The van der Waals surface area contributed by atoms with Gasteiger partial charge in [-0.05, 0) is 35.6 Å².